The number of hydrogen-bond acceptors (Lipinski definition) is 7. The Morgan fingerprint density at radius 1 is 1.22 bits per heavy atom. The van der Waals surface area contributed by atoms with E-state index in [0.717, 1.165) is 16.4 Å². The van der Waals surface area contributed by atoms with Crippen molar-refractivity contribution in [2.24, 2.45) is 0 Å². The maximum Gasteiger partial charge on any atom is 0.194 e. The lowest BCUT2D eigenvalue weighted by Crippen LogP contribution is -2.35. The molecule has 96 valence electrons. The van der Waals surface area contributed by atoms with Gasteiger partial charge in [0.1, 0.15) is 6.33 Å². The van der Waals surface area contributed by atoms with Crippen LogP contribution in [0.5, 0.6) is 0 Å². The van der Waals surface area contributed by atoms with Gasteiger partial charge in [-0.15, -0.1) is 0 Å². The Bertz CT molecular complexity index is 475. The Hall–Kier alpha value is -1.05. The van der Waals surface area contributed by atoms with Gasteiger partial charge in [0, 0.05) is 30.0 Å². The maximum absolute atomic E-state index is 4.30. The summed E-state index contributed by atoms with van der Waals surface area (Å²) in [6, 6.07) is 0. The van der Waals surface area contributed by atoms with Crippen molar-refractivity contribution in [1.82, 2.24) is 24.6 Å². The number of hydrogen-bond donors (Lipinski definition) is 1. The summed E-state index contributed by atoms with van der Waals surface area (Å²) >= 11 is 2.77. The van der Waals surface area contributed by atoms with Gasteiger partial charge < -0.3 is 5.32 Å². The first-order valence-corrected chi connectivity index (χ1v) is 7.12. The summed E-state index contributed by atoms with van der Waals surface area (Å²) in [5.41, 5.74) is 1.17. The monoisotopic (exact) mass is 281 g/mol. The van der Waals surface area contributed by atoms with Crippen molar-refractivity contribution in [1.29, 1.82) is 0 Å². The number of rotatable bonds is 4. The van der Waals surface area contributed by atoms with Gasteiger partial charge in [0.2, 0.25) is 0 Å². The fraction of sp³-hybridized carbons (Fsp3) is 0.455. The van der Waals surface area contributed by atoms with E-state index in [-0.39, 0.29) is 5.54 Å². The molecule has 2 rings (SSSR count). The molecule has 18 heavy (non-hydrogen) atoms. The van der Waals surface area contributed by atoms with Crippen LogP contribution in [-0.2, 0) is 6.54 Å². The highest BCUT2D eigenvalue weighted by Crippen LogP contribution is 2.24. The highest BCUT2D eigenvalue weighted by Gasteiger charge is 2.09. The summed E-state index contributed by atoms with van der Waals surface area (Å²) in [5, 5.41) is 4.10. The van der Waals surface area contributed by atoms with Crippen molar-refractivity contribution in [2.75, 3.05) is 0 Å². The quantitative estimate of drug-likeness (QED) is 0.868. The molecule has 0 amide bonds. The molecule has 5 nitrogen and oxygen atoms in total. The van der Waals surface area contributed by atoms with Crippen molar-refractivity contribution >= 4 is 23.3 Å². The zero-order chi connectivity index (χ0) is 13.0. The molecule has 2 heterocycles. The standard InChI is InChI=1S/C11H15N5S2/c1-11(2,3)15-6-8-4-12-9(13-5-8)17-10-14-7-16-18-10/h4-5,7,15H,6H2,1-3H3. The molecule has 0 aromatic carbocycles. The van der Waals surface area contributed by atoms with E-state index in [2.05, 4.69) is 45.4 Å². The normalized spacial score (nSPS) is 11.7. The van der Waals surface area contributed by atoms with E-state index in [1.54, 1.807) is 0 Å². The number of nitrogens with one attached hydrogen (secondary N) is 1. The molecule has 0 spiro atoms. The molecule has 0 bridgehead atoms. The summed E-state index contributed by atoms with van der Waals surface area (Å²) in [6.45, 7) is 7.17. The molecule has 0 atom stereocenters. The first kappa shape index (κ1) is 13.4. The predicted molar refractivity (Wildman–Crippen MR) is 72.7 cm³/mol. The first-order valence-electron chi connectivity index (χ1n) is 5.53. The van der Waals surface area contributed by atoms with Crippen molar-refractivity contribution in [3.05, 3.63) is 24.3 Å². The molecule has 0 radical (unpaired) electrons. The van der Waals surface area contributed by atoms with Crippen LogP contribution in [0.4, 0.5) is 0 Å². The molecule has 2 aromatic rings. The Morgan fingerprint density at radius 3 is 2.50 bits per heavy atom. The molecule has 0 aliphatic carbocycles. The van der Waals surface area contributed by atoms with Gasteiger partial charge in [-0.05, 0) is 44.1 Å². The third-order valence-electron chi connectivity index (χ3n) is 2.02. The summed E-state index contributed by atoms with van der Waals surface area (Å²) in [5.74, 6) is 0. The first-order chi connectivity index (χ1) is 8.53. The summed E-state index contributed by atoms with van der Waals surface area (Å²) < 4.78 is 4.79. The Balaban J connectivity index is 1.93. The van der Waals surface area contributed by atoms with Gasteiger partial charge in [0.15, 0.2) is 9.50 Å². The van der Waals surface area contributed by atoms with Gasteiger partial charge >= 0.3 is 0 Å². The average Bonchev–Trinajstić information content (AvgIpc) is 2.80. The minimum Gasteiger partial charge on any atom is -0.308 e. The Kier molecular flexibility index (Phi) is 4.26. The van der Waals surface area contributed by atoms with Gasteiger partial charge in [-0.3, -0.25) is 0 Å². The molecule has 0 fully saturated rings. The largest absolute Gasteiger partial charge is 0.308 e. The smallest absolute Gasteiger partial charge is 0.194 e. The minimum absolute atomic E-state index is 0.0972. The topological polar surface area (TPSA) is 63.6 Å². The van der Waals surface area contributed by atoms with Crippen LogP contribution in [0.15, 0.2) is 28.2 Å². The lowest BCUT2D eigenvalue weighted by Gasteiger charge is -2.20. The molecule has 0 saturated heterocycles. The molecule has 0 aliphatic heterocycles. The second-order valence-electron chi connectivity index (χ2n) is 4.79. The average molecular weight is 281 g/mol. The van der Waals surface area contributed by atoms with Crippen LogP contribution < -0.4 is 5.32 Å². The van der Waals surface area contributed by atoms with E-state index >= 15 is 0 Å². The summed E-state index contributed by atoms with van der Waals surface area (Å²) in [4.78, 5) is 12.7. The van der Waals surface area contributed by atoms with Crippen molar-refractivity contribution < 1.29 is 0 Å². The molecular formula is C11H15N5S2. The van der Waals surface area contributed by atoms with Gasteiger partial charge in [-0.25, -0.2) is 15.0 Å². The molecule has 2 aromatic heterocycles. The Morgan fingerprint density at radius 2 is 1.94 bits per heavy atom. The van der Waals surface area contributed by atoms with E-state index in [4.69, 9.17) is 0 Å². The molecule has 0 saturated carbocycles. The minimum atomic E-state index is 0.0972. The van der Waals surface area contributed by atoms with Gasteiger partial charge in [-0.1, -0.05) is 0 Å². The lowest BCUT2D eigenvalue weighted by atomic mass is 10.1. The van der Waals surface area contributed by atoms with Crippen LogP contribution >= 0.6 is 23.3 Å². The second kappa shape index (κ2) is 5.73. The van der Waals surface area contributed by atoms with Crippen LogP contribution in [0.2, 0.25) is 0 Å². The maximum atomic E-state index is 4.30. The van der Waals surface area contributed by atoms with Gasteiger partial charge in [0.25, 0.3) is 0 Å². The summed E-state index contributed by atoms with van der Waals surface area (Å²) in [7, 11) is 0. The van der Waals surface area contributed by atoms with Crippen LogP contribution in [0.1, 0.15) is 26.3 Å². The molecule has 7 heteroatoms. The molecule has 1 N–H and O–H groups in total. The van der Waals surface area contributed by atoms with E-state index < -0.39 is 0 Å². The molecular weight excluding hydrogens is 266 g/mol. The fourth-order valence-electron chi connectivity index (χ4n) is 1.14. The van der Waals surface area contributed by atoms with E-state index in [1.165, 1.54) is 29.6 Å². The second-order valence-corrected chi connectivity index (χ2v) is 6.78. The number of aromatic nitrogens is 4. The highest BCUT2D eigenvalue weighted by molar-refractivity contribution is 8.00. The number of nitrogens with zero attached hydrogens (tertiary/aromatic N) is 4. The van der Waals surface area contributed by atoms with E-state index in [1.807, 2.05) is 12.4 Å². The summed E-state index contributed by atoms with van der Waals surface area (Å²) in [6.07, 6.45) is 5.22. The zero-order valence-corrected chi connectivity index (χ0v) is 12.2. The van der Waals surface area contributed by atoms with Crippen molar-refractivity contribution in [3.63, 3.8) is 0 Å². The van der Waals surface area contributed by atoms with Crippen LogP contribution in [0.25, 0.3) is 0 Å². The SMILES string of the molecule is CC(C)(C)NCc1cnc(Sc2ncns2)nc1. The highest BCUT2D eigenvalue weighted by atomic mass is 32.2. The van der Waals surface area contributed by atoms with E-state index in [0.29, 0.717) is 5.16 Å². The lowest BCUT2D eigenvalue weighted by molar-refractivity contribution is 0.423. The van der Waals surface area contributed by atoms with E-state index in [9.17, 15) is 0 Å². The third-order valence-corrected chi connectivity index (χ3v) is 3.63. The van der Waals surface area contributed by atoms with Crippen molar-refractivity contribution in [3.8, 4) is 0 Å². The fourth-order valence-corrected chi connectivity index (χ4v) is 2.39. The Labute approximate surface area is 115 Å². The predicted octanol–water partition coefficient (Wildman–Crippen LogP) is 2.37. The van der Waals surface area contributed by atoms with Crippen molar-refractivity contribution in [2.45, 2.75) is 42.4 Å². The third kappa shape index (κ3) is 4.32. The zero-order valence-electron chi connectivity index (χ0n) is 10.5. The molecule has 0 aliphatic rings. The van der Waals surface area contributed by atoms with Crippen LogP contribution in [-0.4, -0.2) is 24.9 Å². The van der Waals surface area contributed by atoms with Gasteiger partial charge in [-0.2, -0.15) is 4.37 Å². The van der Waals surface area contributed by atoms with Crippen LogP contribution in [0, 0.1) is 0 Å². The van der Waals surface area contributed by atoms with Crippen LogP contribution in [0.3, 0.4) is 0 Å². The van der Waals surface area contributed by atoms with Gasteiger partial charge in [0.05, 0.1) is 0 Å². The molecule has 0 unspecified atom stereocenters.